The fourth-order valence-corrected chi connectivity index (χ4v) is 4.14. The summed E-state index contributed by atoms with van der Waals surface area (Å²) in [5.41, 5.74) is 7.43. The maximum atomic E-state index is 9.57. The largest absolute Gasteiger partial charge is 0.496 e. The average Bonchev–Trinajstić information content (AvgIpc) is 2.78. The molecule has 0 radical (unpaired) electrons. The van der Waals surface area contributed by atoms with Gasteiger partial charge in [0, 0.05) is 29.6 Å². The van der Waals surface area contributed by atoms with E-state index in [0.717, 1.165) is 47.4 Å². The third kappa shape index (κ3) is 5.37. The summed E-state index contributed by atoms with van der Waals surface area (Å²) in [5, 5.41) is 22.7. The Morgan fingerprint density at radius 2 is 1.81 bits per heavy atom. The normalized spacial score (nSPS) is 14.7. The van der Waals surface area contributed by atoms with Gasteiger partial charge in [-0.05, 0) is 59.3 Å². The summed E-state index contributed by atoms with van der Waals surface area (Å²) in [6, 6.07) is 14.5. The van der Waals surface area contributed by atoms with Gasteiger partial charge in [-0.3, -0.25) is 4.98 Å². The first-order valence-electron chi connectivity index (χ1n) is 9.90. The van der Waals surface area contributed by atoms with Gasteiger partial charge in [0.05, 0.1) is 20.3 Å². The standard InChI is InChI=1S/C24H26N2O3.2ClH/c1-29-23-12-17(14-27)10-19-7-9-26-22(24(19)23)11-16-2-4-18(5-3-16)21-13-25-8-6-20(21)15-28;;/h2-6,8,10,12-13,22,26-28H,7,9,11,14-15H2,1H3;2*1H. The van der Waals surface area contributed by atoms with E-state index < -0.39 is 0 Å². The molecule has 0 aliphatic carbocycles. The van der Waals surface area contributed by atoms with Gasteiger partial charge in [0.2, 0.25) is 0 Å². The Balaban J connectivity index is 0.00000171. The van der Waals surface area contributed by atoms with Crippen molar-refractivity contribution in [3.63, 3.8) is 0 Å². The van der Waals surface area contributed by atoms with Crippen LogP contribution in [0.15, 0.2) is 54.9 Å². The first-order valence-corrected chi connectivity index (χ1v) is 9.90. The number of hydrogen-bond acceptors (Lipinski definition) is 5. The summed E-state index contributed by atoms with van der Waals surface area (Å²) in [4.78, 5) is 4.19. The lowest BCUT2D eigenvalue weighted by Crippen LogP contribution is -2.31. The molecule has 0 saturated carbocycles. The molecule has 2 heterocycles. The van der Waals surface area contributed by atoms with Crippen LogP contribution in [0.5, 0.6) is 5.75 Å². The summed E-state index contributed by atoms with van der Waals surface area (Å²) in [6.45, 7) is 0.925. The van der Waals surface area contributed by atoms with Crippen molar-refractivity contribution in [2.45, 2.75) is 32.1 Å². The minimum atomic E-state index is -0.00198. The fourth-order valence-electron chi connectivity index (χ4n) is 4.14. The second kappa shape index (κ2) is 11.5. The summed E-state index contributed by atoms with van der Waals surface area (Å²) < 4.78 is 5.64. The van der Waals surface area contributed by atoms with E-state index in [2.05, 4.69) is 40.6 Å². The molecule has 31 heavy (non-hydrogen) atoms. The number of aliphatic hydroxyl groups is 2. The van der Waals surface area contributed by atoms with Crippen LogP contribution in [-0.4, -0.2) is 28.9 Å². The highest BCUT2D eigenvalue weighted by atomic mass is 35.5. The minimum Gasteiger partial charge on any atom is -0.496 e. The highest BCUT2D eigenvalue weighted by Crippen LogP contribution is 2.35. The van der Waals surface area contributed by atoms with Crippen molar-refractivity contribution in [3.8, 4) is 16.9 Å². The molecule has 0 spiro atoms. The zero-order chi connectivity index (χ0) is 20.2. The topological polar surface area (TPSA) is 74.6 Å². The number of aliphatic hydroxyl groups excluding tert-OH is 2. The molecule has 3 N–H and O–H groups in total. The Labute approximate surface area is 195 Å². The number of hydrogen-bond donors (Lipinski definition) is 3. The molecule has 1 aromatic heterocycles. The maximum absolute atomic E-state index is 9.57. The van der Waals surface area contributed by atoms with Gasteiger partial charge in [-0.1, -0.05) is 30.3 Å². The average molecular weight is 463 g/mol. The van der Waals surface area contributed by atoms with Crippen molar-refractivity contribution in [2.24, 2.45) is 0 Å². The van der Waals surface area contributed by atoms with E-state index >= 15 is 0 Å². The zero-order valence-electron chi connectivity index (χ0n) is 17.4. The monoisotopic (exact) mass is 462 g/mol. The van der Waals surface area contributed by atoms with Gasteiger partial charge >= 0.3 is 0 Å². The molecule has 7 heteroatoms. The predicted octanol–water partition coefficient (Wildman–Crippen LogP) is 4.01. The molecule has 166 valence electrons. The molecule has 1 unspecified atom stereocenters. The molecule has 0 fully saturated rings. The molecule has 1 aliphatic heterocycles. The Morgan fingerprint density at radius 1 is 1.03 bits per heavy atom. The molecule has 0 saturated heterocycles. The van der Waals surface area contributed by atoms with E-state index in [1.807, 2.05) is 12.1 Å². The van der Waals surface area contributed by atoms with Crippen LogP contribution in [0.25, 0.3) is 11.1 Å². The number of halogens is 2. The molecule has 2 aromatic carbocycles. The van der Waals surface area contributed by atoms with Gasteiger partial charge in [0.15, 0.2) is 0 Å². The summed E-state index contributed by atoms with van der Waals surface area (Å²) >= 11 is 0. The smallest absolute Gasteiger partial charge is 0.124 e. The lowest BCUT2D eigenvalue weighted by molar-refractivity contribution is 0.280. The zero-order valence-corrected chi connectivity index (χ0v) is 19.0. The van der Waals surface area contributed by atoms with Crippen LogP contribution in [0.1, 0.15) is 33.9 Å². The molecule has 0 amide bonds. The Morgan fingerprint density at radius 3 is 2.48 bits per heavy atom. The third-order valence-electron chi connectivity index (χ3n) is 5.61. The fraction of sp³-hybridized carbons (Fsp3) is 0.292. The van der Waals surface area contributed by atoms with Crippen LogP contribution in [0, 0.1) is 0 Å². The van der Waals surface area contributed by atoms with E-state index in [1.165, 1.54) is 16.7 Å². The molecule has 1 atom stereocenters. The molecule has 4 rings (SSSR count). The number of methoxy groups -OCH3 is 1. The minimum absolute atomic E-state index is 0. The summed E-state index contributed by atoms with van der Waals surface area (Å²) in [7, 11) is 1.68. The van der Waals surface area contributed by atoms with Crippen LogP contribution in [-0.2, 0) is 26.1 Å². The van der Waals surface area contributed by atoms with E-state index in [-0.39, 0.29) is 44.1 Å². The summed E-state index contributed by atoms with van der Waals surface area (Å²) in [5.74, 6) is 0.836. The lowest BCUT2D eigenvalue weighted by atomic mass is 9.88. The number of rotatable bonds is 6. The first kappa shape index (κ1) is 25.1. The van der Waals surface area contributed by atoms with Gasteiger partial charge < -0.3 is 20.3 Å². The van der Waals surface area contributed by atoms with Crippen molar-refractivity contribution < 1.29 is 14.9 Å². The van der Waals surface area contributed by atoms with Crippen molar-refractivity contribution >= 4 is 24.8 Å². The van der Waals surface area contributed by atoms with Crippen molar-refractivity contribution in [3.05, 3.63) is 82.7 Å². The Hall–Kier alpha value is -2.15. The lowest BCUT2D eigenvalue weighted by Gasteiger charge is -2.29. The highest BCUT2D eigenvalue weighted by molar-refractivity contribution is 5.85. The van der Waals surface area contributed by atoms with Gasteiger partial charge in [0.1, 0.15) is 5.75 Å². The van der Waals surface area contributed by atoms with Crippen LogP contribution >= 0.6 is 24.8 Å². The second-order valence-corrected chi connectivity index (χ2v) is 7.38. The number of pyridine rings is 1. The molecule has 1 aliphatic rings. The van der Waals surface area contributed by atoms with E-state index in [1.54, 1.807) is 19.5 Å². The van der Waals surface area contributed by atoms with Crippen LogP contribution in [0.2, 0.25) is 0 Å². The number of nitrogens with zero attached hydrogens (tertiary/aromatic N) is 1. The van der Waals surface area contributed by atoms with E-state index in [0.29, 0.717) is 0 Å². The number of fused-ring (bicyclic) bond motifs is 1. The van der Waals surface area contributed by atoms with E-state index in [9.17, 15) is 10.2 Å². The first-order chi connectivity index (χ1) is 14.2. The van der Waals surface area contributed by atoms with Gasteiger partial charge in [0.25, 0.3) is 0 Å². The Bertz CT molecular complexity index is 979. The summed E-state index contributed by atoms with van der Waals surface area (Å²) in [6.07, 6.45) is 5.27. The van der Waals surface area contributed by atoms with Crippen LogP contribution < -0.4 is 10.1 Å². The quantitative estimate of drug-likeness (QED) is 0.515. The maximum Gasteiger partial charge on any atom is 0.124 e. The Kier molecular flexibility index (Phi) is 9.29. The molecule has 0 bridgehead atoms. The van der Waals surface area contributed by atoms with Crippen molar-refractivity contribution in [1.82, 2.24) is 10.3 Å². The van der Waals surface area contributed by atoms with Crippen LogP contribution in [0.3, 0.4) is 0 Å². The van der Waals surface area contributed by atoms with Crippen molar-refractivity contribution in [1.29, 1.82) is 0 Å². The predicted molar refractivity (Wildman–Crippen MR) is 127 cm³/mol. The molecular weight excluding hydrogens is 435 g/mol. The van der Waals surface area contributed by atoms with Gasteiger partial charge in [-0.15, -0.1) is 24.8 Å². The highest BCUT2D eigenvalue weighted by Gasteiger charge is 2.24. The number of nitrogens with one attached hydrogen (secondary N) is 1. The van der Waals surface area contributed by atoms with Gasteiger partial charge in [-0.2, -0.15) is 0 Å². The van der Waals surface area contributed by atoms with Crippen molar-refractivity contribution in [2.75, 3.05) is 13.7 Å². The third-order valence-corrected chi connectivity index (χ3v) is 5.61. The SMILES string of the molecule is COc1cc(CO)cc2c1C(Cc1ccc(-c3cnccc3CO)cc1)NCC2.Cl.Cl. The van der Waals surface area contributed by atoms with Crippen LogP contribution in [0.4, 0.5) is 0 Å². The molecular formula is C24H28Cl2N2O3. The number of ether oxygens (including phenoxy) is 1. The number of benzene rings is 2. The molecule has 5 nitrogen and oxygen atoms in total. The molecule has 3 aromatic rings. The van der Waals surface area contributed by atoms with Gasteiger partial charge in [-0.25, -0.2) is 0 Å². The van der Waals surface area contributed by atoms with E-state index in [4.69, 9.17) is 4.74 Å². The second-order valence-electron chi connectivity index (χ2n) is 7.38. The number of aromatic nitrogens is 1.